The van der Waals surface area contributed by atoms with Crippen LogP contribution in [0.25, 0.3) is 5.52 Å². The molecule has 0 saturated carbocycles. The fraction of sp³-hybridized carbons (Fsp3) is 0.400. The number of nitrogens with zero attached hydrogens (tertiary/aromatic N) is 4. The molecule has 1 atom stereocenters. The van der Waals surface area contributed by atoms with E-state index >= 15 is 0 Å². The molecule has 4 heterocycles. The Labute approximate surface area is 135 Å². The molecule has 4 rings (SSSR count). The number of amides is 1. The highest BCUT2D eigenvalue weighted by atomic mass is 79.9. The van der Waals surface area contributed by atoms with Crippen molar-refractivity contribution in [3.8, 4) is 6.07 Å². The zero-order valence-corrected chi connectivity index (χ0v) is 13.3. The molecule has 0 N–H and O–H groups in total. The van der Waals surface area contributed by atoms with Crippen molar-refractivity contribution >= 4 is 33.0 Å². The van der Waals surface area contributed by atoms with Crippen molar-refractivity contribution in [1.29, 1.82) is 5.26 Å². The highest BCUT2D eigenvalue weighted by Crippen LogP contribution is 2.44. The first-order valence-corrected chi connectivity index (χ1v) is 7.89. The SMILES string of the molecule is N#C[C@@]1(C2COC2)CCN(c2ccnn3cc(Br)cc23)C1=O. The van der Waals surface area contributed by atoms with Crippen LogP contribution >= 0.6 is 15.9 Å². The molecule has 112 valence electrons. The highest BCUT2D eigenvalue weighted by molar-refractivity contribution is 9.10. The first kappa shape index (κ1) is 13.7. The second-order valence-corrected chi connectivity index (χ2v) is 6.64. The maximum atomic E-state index is 13.0. The Morgan fingerprint density at radius 2 is 2.32 bits per heavy atom. The zero-order chi connectivity index (χ0) is 15.3. The lowest BCUT2D eigenvalue weighted by Crippen LogP contribution is -2.47. The number of halogens is 1. The molecule has 2 aliphatic rings. The van der Waals surface area contributed by atoms with E-state index in [1.54, 1.807) is 15.6 Å². The van der Waals surface area contributed by atoms with E-state index in [9.17, 15) is 10.1 Å². The summed E-state index contributed by atoms with van der Waals surface area (Å²) in [5.74, 6) is -0.111. The predicted octanol–water partition coefficient (Wildman–Crippen LogP) is 1.99. The Morgan fingerprint density at radius 1 is 1.50 bits per heavy atom. The molecular formula is C15H13BrN4O2. The standard InChI is InChI=1S/C15H13BrN4O2/c16-11-5-13-12(1-3-18-20(13)6-11)19-4-2-15(9-17,14(19)21)10-7-22-8-10/h1,3,5-6,10H,2,4,7-8H2/t15-/m1/s1. The lowest BCUT2D eigenvalue weighted by atomic mass is 9.74. The number of aromatic nitrogens is 2. The van der Waals surface area contributed by atoms with E-state index in [-0.39, 0.29) is 11.8 Å². The van der Waals surface area contributed by atoms with Gasteiger partial charge in [0.1, 0.15) is 5.41 Å². The second kappa shape index (κ2) is 4.80. The third kappa shape index (κ3) is 1.74. The van der Waals surface area contributed by atoms with E-state index < -0.39 is 5.41 Å². The Bertz CT molecular complexity index is 807. The van der Waals surface area contributed by atoms with Crippen LogP contribution in [0.1, 0.15) is 6.42 Å². The molecule has 0 bridgehead atoms. The third-order valence-electron chi connectivity index (χ3n) is 4.63. The van der Waals surface area contributed by atoms with Crippen LogP contribution in [-0.4, -0.2) is 35.3 Å². The summed E-state index contributed by atoms with van der Waals surface area (Å²) in [5, 5.41) is 13.9. The molecule has 6 nitrogen and oxygen atoms in total. The van der Waals surface area contributed by atoms with Crippen molar-refractivity contribution in [1.82, 2.24) is 9.61 Å². The topological polar surface area (TPSA) is 70.6 Å². The van der Waals surface area contributed by atoms with Gasteiger partial charge in [0.15, 0.2) is 0 Å². The van der Waals surface area contributed by atoms with E-state index in [1.165, 1.54) is 0 Å². The molecule has 0 unspecified atom stereocenters. The van der Waals surface area contributed by atoms with Gasteiger partial charge in [0, 0.05) is 29.3 Å². The maximum Gasteiger partial charge on any atom is 0.248 e. The van der Waals surface area contributed by atoms with E-state index in [0.717, 1.165) is 15.7 Å². The number of ether oxygens (including phenoxy) is 1. The first-order chi connectivity index (χ1) is 10.7. The molecule has 0 spiro atoms. The Hall–Kier alpha value is -1.91. The van der Waals surface area contributed by atoms with Crippen LogP contribution < -0.4 is 4.90 Å². The molecule has 2 aromatic heterocycles. The summed E-state index contributed by atoms with van der Waals surface area (Å²) in [4.78, 5) is 14.7. The minimum Gasteiger partial charge on any atom is -0.381 e. The summed E-state index contributed by atoms with van der Waals surface area (Å²) in [6, 6.07) is 6.03. The van der Waals surface area contributed by atoms with Gasteiger partial charge in [0.25, 0.3) is 0 Å². The quantitative estimate of drug-likeness (QED) is 0.820. The van der Waals surface area contributed by atoms with Gasteiger partial charge in [-0.25, -0.2) is 4.52 Å². The number of rotatable bonds is 2. The molecule has 0 aromatic carbocycles. The van der Waals surface area contributed by atoms with Crippen LogP contribution in [0.5, 0.6) is 0 Å². The lowest BCUT2D eigenvalue weighted by Gasteiger charge is -2.36. The van der Waals surface area contributed by atoms with Gasteiger partial charge in [-0.1, -0.05) is 0 Å². The summed E-state index contributed by atoms with van der Waals surface area (Å²) in [6.07, 6.45) is 4.06. The molecule has 2 aromatic rings. The molecule has 0 radical (unpaired) electrons. The molecule has 22 heavy (non-hydrogen) atoms. The normalized spacial score (nSPS) is 25.5. The third-order valence-corrected chi connectivity index (χ3v) is 5.07. The van der Waals surface area contributed by atoms with Crippen molar-refractivity contribution < 1.29 is 9.53 Å². The molecule has 2 aliphatic heterocycles. The molecule has 0 aliphatic carbocycles. The lowest BCUT2D eigenvalue weighted by molar-refractivity contribution is -0.136. The van der Waals surface area contributed by atoms with Crippen LogP contribution in [-0.2, 0) is 9.53 Å². The van der Waals surface area contributed by atoms with Crippen LogP contribution in [0.15, 0.2) is 29.0 Å². The van der Waals surface area contributed by atoms with Crippen molar-refractivity contribution in [3.05, 3.63) is 29.0 Å². The van der Waals surface area contributed by atoms with Crippen LogP contribution in [0.2, 0.25) is 0 Å². The summed E-state index contributed by atoms with van der Waals surface area (Å²) < 4.78 is 7.82. The summed E-state index contributed by atoms with van der Waals surface area (Å²) in [7, 11) is 0. The number of fused-ring (bicyclic) bond motifs is 1. The molecule has 7 heteroatoms. The number of hydrogen-bond donors (Lipinski definition) is 0. The van der Waals surface area contributed by atoms with Gasteiger partial charge in [0.2, 0.25) is 5.91 Å². The first-order valence-electron chi connectivity index (χ1n) is 7.09. The van der Waals surface area contributed by atoms with E-state index in [0.29, 0.717) is 26.2 Å². The van der Waals surface area contributed by atoms with Crippen LogP contribution in [0.4, 0.5) is 5.69 Å². The number of anilines is 1. The van der Waals surface area contributed by atoms with Crippen molar-refractivity contribution in [2.45, 2.75) is 6.42 Å². The van der Waals surface area contributed by atoms with E-state index in [4.69, 9.17) is 4.74 Å². The largest absolute Gasteiger partial charge is 0.381 e. The van der Waals surface area contributed by atoms with Gasteiger partial charge in [-0.05, 0) is 34.5 Å². The minimum atomic E-state index is -0.942. The predicted molar refractivity (Wildman–Crippen MR) is 82.2 cm³/mol. The summed E-state index contributed by atoms with van der Waals surface area (Å²) in [6.45, 7) is 1.54. The zero-order valence-electron chi connectivity index (χ0n) is 11.7. The highest BCUT2D eigenvalue weighted by Gasteiger charge is 2.55. The van der Waals surface area contributed by atoms with Gasteiger partial charge < -0.3 is 9.64 Å². The van der Waals surface area contributed by atoms with E-state index in [2.05, 4.69) is 27.1 Å². The Kier molecular flexibility index (Phi) is 2.99. The second-order valence-electron chi connectivity index (χ2n) is 5.73. The van der Waals surface area contributed by atoms with Gasteiger partial charge in [-0.2, -0.15) is 10.4 Å². The molecular weight excluding hydrogens is 348 g/mol. The van der Waals surface area contributed by atoms with Gasteiger partial charge in [-0.3, -0.25) is 4.79 Å². The fourth-order valence-corrected chi connectivity index (χ4v) is 3.67. The van der Waals surface area contributed by atoms with Gasteiger partial charge in [-0.15, -0.1) is 0 Å². The van der Waals surface area contributed by atoms with Crippen LogP contribution in [0.3, 0.4) is 0 Å². The minimum absolute atomic E-state index is 0.00591. The molecule has 2 saturated heterocycles. The van der Waals surface area contributed by atoms with Crippen molar-refractivity contribution in [2.75, 3.05) is 24.7 Å². The van der Waals surface area contributed by atoms with Gasteiger partial charge in [0.05, 0.1) is 30.5 Å². The average molecular weight is 361 g/mol. The van der Waals surface area contributed by atoms with Crippen molar-refractivity contribution in [3.63, 3.8) is 0 Å². The smallest absolute Gasteiger partial charge is 0.248 e. The van der Waals surface area contributed by atoms with Gasteiger partial charge >= 0.3 is 0 Å². The number of carbonyl (C=O) groups excluding carboxylic acids is 1. The maximum absolute atomic E-state index is 13.0. The summed E-state index contributed by atoms with van der Waals surface area (Å²) in [5.41, 5.74) is 0.701. The summed E-state index contributed by atoms with van der Waals surface area (Å²) >= 11 is 3.43. The number of carbonyl (C=O) groups is 1. The van der Waals surface area contributed by atoms with E-state index in [1.807, 2.05) is 18.3 Å². The van der Waals surface area contributed by atoms with Crippen LogP contribution in [0, 0.1) is 22.7 Å². The van der Waals surface area contributed by atoms with Crippen molar-refractivity contribution in [2.24, 2.45) is 11.3 Å². The number of hydrogen-bond acceptors (Lipinski definition) is 4. The average Bonchev–Trinajstić information content (AvgIpc) is 2.98. The Morgan fingerprint density at radius 3 is 3.00 bits per heavy atom. The number of nitriles is 1. The molecule has 1 amide bonds. The molecule has 2 fully saturated rings. The fourth-order valence-electron chi connectivity index (χ4n) is 3.26. The Balaban J connectivity index is 1.77. The monoisotopic (exact) mass is 360 g/mol.